The van der Waals surface area contributed by atoms with Gasteiger partial charge < -0.3 is 10.5 Å². The number of H-pyrrole nitrogens is 2. The molecule has 1 aliphatic rings. The molecule has 0 aliphatic carbocycles. The van der Waals surface area contributed by atoms with E-state index in [9.17, 15) is 4.79 Å². The number of rotatable bonds is 7. The van der Waals surface area contributed by atoms with E-state index in [2.05, 4.69) is 63.4 Å². The zero-order chi connectivity index (χ0) is 21.0. The summed E-state index contributed by atoms with van der Waals surface area (Å²) in [6.07, 6.45) is 1.94. The Morgan fingerprint density at radius 3 is 2.60 bits per heavy atom. The van der Waals surface area contributed by atoms with Crippen LogP contribution in [0.25, 0.3) is 0 Å². The first-order valence-electron chi connectivity index (χ1n) is 10.4. The number of nitrogens with two attached hydrogens (primary N) is 1. The van der Waals surface area contributed by atoms with Crippen molar-refractivity contribution in [3.05, 3.63) is 82.0 Å². The van der Waals surface area contributed by atoms with Gasteiger partial charge in [0.15, 0.2) is 0 Å². The van der Waals surface area contributed by atoms with Crippen molar-refractivity contribution in [1.29, 1.82) is 0 Å². The van der Waals surface area contributed by atoms with Crippen LogP contribution in [0.4, 0.5) is 5.69 Å². The second-order valence-corrected chi connectivity index (χ2v) is 8.17. The lowest BCUT2D eigenvalue weighted by atomic mass is 9.73. The summed E-state index contributed by atoms with van der Waals surface area (Å²) in [5.74, 6) is 0.679. The lowest BCUT2D eigenvalue weighted by Gasteiger charge is -2.42. The van der Waals surface area contributed by atoms with Crippen molar-refractivity contribution in [3.63, 3.8) is 0 Å². The fraction of sp³-hybridized carbons (Fsp3) is 0.391. The number of anilines is 1. The highest BCUT2D eigenvalue weighted by Gasteiger charge is 2.37. The molecule has 1 aliphatic heterocycles. The molecule has 0 amide bonds. The number of ether oxygens (including phenoxy) is 1. The van der Waals surface area contributed by atoms with Gasteiger partial charge in [0.2, 0.25) is 0 Å². The van der Waals surface area contributed by atoms with E-state index in [1.807, 2.05) is 18.2 Å². The van der Waals surface area contributed by atoms with Crippen molar-refractivity contribution in [1.82, 2.24) is 20.1 Å². The van der Waals surface area contributed by atoms with Gasteiger partial charge >= 0.3 is 5.69 Å². The van der Waals surface area contributed by atoms with Crippen LogP contribution in [0, 0.1) is 0 Å². The number of nitrogens with one attached hydrogen (secondary N) is 2. The molecule has 2 aromatic carbocycles. The number of aromatic nitrogens is 3. The van der Waals surface area contributed by atoms with Crippen LogP contribution in [-0.4, -0.2) is 39.8 Å². The minimum Gasteiger partial charge on any atom is -0.399 e. The van der Waals surface area contributed by atoms with Crippen molar-refractivity contribution < 1.29 is 4.74 Å². The maximum Gasteiger partial charge on any atom is 0.340 e. The fourth-order valence-corrected chi connectivity index (χ4v) is 4.23. The standard InChI is InChI=1S/C23H29N5O2/c1-17(18-6-5-9-20(24)14-18)30-16-23(19-7-3-2-4-8-19)10-12-28(13-11-23)15-21-25-22(29)27-26-21/h2-9,14,17H,10-13,15-16,24H2,1H3,(H2,25,26,27,29). The third kappa shape index (κ3) is 4.63. The number of nitrogens with zero attached hydrogens (tertiary/aromatic N) is 2. The number of piperidine rings is 1. The molecule has 0 spiro atoms. The lowest BCUT2D eigenvalue weighted by Crippen LogP contribution is -2.45. The lowest BCUT2D eigenvalue weighted by molar-refractivity contribution is 0.00248. The molecule has 4 rings (SSSR count). The smallest absolute Gasteiger partial charge is 0.340 e. The van der Waals surface area contributed by atoms with Gasteiger partial charge in [-0.2, -0.15) is 5.10 Å². The average Bonchev–Trinajstić information content (AvgIpc) is 3.18. The number of hydrogen-bond acceptors (Lipinski definition) is 5. The molecule has 7 heteroatoms. The minimum atomic E-state index is -0.260. The highest BCUT2D eigenvalue weighted by molar-refractivity contribution is 5.41. The zero-order valence-corrected chi connectivity index (χ0v) is 17.3. The Bertz CT molecular complexity index is 1010. The summed E-state index contributed by atoms with van der Waals surface area (Å²) >= 11 is 0. The SMILES string of the molecule is CC(OCC1(c2ccccc2)CCN(Cc2n[nH]c(=O)[nH]2)CC1)c1cccc(N)c1. The van der Waals surface area contributed by atoms with E-state index in [1.54, 1.807) is 0 Å². The number of aromatic amines is 2. The summed E-state index contributed by atoms with van der Waals surface area (Å²) in [5.41, 5.74) is 8.81. The maximum absolute atomic E-state index is 11.3. The van der Waals surface area contributed by atoms with Gasteiger partial charge in [0, 0.05) is 11.1 Å². The van der Waals surface area contributed by atoms with Gasteiger partial charge in [-0.3, -0.25) is 9.88 Å². The highest BCUT2D eigenvalue weighted by Crippen LogP contribution is 2.37. The molecule has 158 valence electrons. The molecule has 4 N–H and O–H groups in total. The van der Waals surface area contributed by atoms with Gasteiger partial charge in [-0.15, -0.1) is 0 Å². The van der Waals surface area contributed by atoms with Crippen LogP contribution < -0.4 is 11.4 Å². The number of benzene rings is 2. The Morgan fingerprint density at radius 2 is 1.93 bits per heavy atom. The van der Waals surface area contributed by atoms with E-state index in [4.69, 9.17) is 10.5 Å². The van der Waals surface area contributed by atoms with E-state index in [0.717, 1.165) is 37.2 Å². The van der Waals surface area contributed by atoms with E-state index in [1.165, 1.54) is 5.56 Å². The van der Waals surface area contributed by atoms with Crippen molar-refractivity contribution >= 4 is 5.69 Å². The molecule has 0 saturated carbocycles. The molecule has 1 unspecified atom stereocenters. The van der Waals surface area contributed by atoms with Gasteiger partial charge in [-0.05, 0) is 56.1 Å². The quantitative estimate of drug-likeness (QED) is 0.523. The van der Waals surface area contributed by atoms with Gasteiger partial charge in [-0.1, -0.05) is 42.5 Å². The normalized spacial score (nSPS) is 17.6. The molecular weight excluding hydrogens is 378 g/mol. The average molecular weight is 408 g/mol. The van der Waals surface area contributed by atoms with E-state index in [-0.39, 0.29) is 17.2 Å². The largest absolute Gasteiger partial charge is 0.399 e. The van der Waals surface area contributed by atoms with Crippen LogP contribution in [0.3, 0.4) is 0 Å². The van der Waals surface area contributed by atoms with Gasteiger partial charge in [0.05, 0.1) is 19.3 Å². The monoisotopic (exact) mass is 407 g/mol. The summed E-state index contributed by atoms with van der Waals surface area (Å²) in [6.45, 7) is 5.21. The maximum atomic E-state index is 11.3. The molecule has 1 aromatic heterocycles. The van der Waals surface area contributed by atoms with Gasteiger partial charge in [-0.25, -0.2) is 9.89 Å². The summed E-state index contributed by atoms with van der Waals surface area (Å²) in [4.78, 5) is 16.4. The molecule has 2 heterocycles. The Kier molecular flexibility index (Phi) is 6.01. The van der Waals surface area contributed by atoms with Crippen LogP contribution in [0.1, 0.15) is 42.8 Å². The summed E-state index contributed by atoms with van der Waals surface area (Å²) < 4.78 is 6.40. The fourth-order valence-electron chi connectivity index (χ4n) is 4.23. The van der Waals surface area contributed by atoms with Crippen LogP contribution in [0.15, 0.2) is 59.4 Å². The van der Waals surface area contributed by atoms with Crippen molar-refractivity contribution in [2.45, 2.75) is 37.8 Å². The highest BCUT2D eigenvalue weighted by atomic mass is 16.5. The molecule has 0 radical (unpaired) electrons. The van der Waals surface area contributed by atoms with Crippen LogP contribution in [0.5, 0.6) is 0 Å². The van der Waals surface area contributed by atoms with Crippen LogP contribution in [0.2, 0.25) is 0 Å². The van der Waals surface area contributed by atoms with Crippen molar-refractivity contribution in [2.24, 2.45) is 0 Å². The Balaban J connectivity index is 1.46. The molecular formula is C23H29N5O2. The van der Waals surface area contributed by atoms with E-state index < -0.39 is 0 Å². The number of nitrogen functional groups attached to an aromatic ring is 1. The second-order valence-electron chi connectivity index (χ2n) is 8.17. The zero-order valence-electron chi connectivity index (χ0n) is 17.3. The summed E-state index contributed by atoms with van der Waals surface area (Å²) in [7, 11) is 0. The van der Waals surface area contributed by atoms with Crippen LogP contribution in [-0.2, 0) is 16.7 Å². The first kappa shape index (κ1) is 20.4. The summed E-state index contributed by atoms with van der Waals surface area (Å²) in [6, 6.07) is 18.6. The topological polar surface area (TPSA) is 100 Å². The summed E-state index contributed by atoms with van der Waals surface area (Å²) in [5, 5.41) is 6.47. The van der Waals surface area contributed by atoms with Crippen molar-refractivity contribution in [2.75, 3.05) is 25.4 Å². The number of likely N-dealkylation sites (tertiary alicyclic amines) is 1. The molecule has 30 heavy (non-hydrogen) atoms. The molecule has 0 bridgehead atoms. The third-order valence-corrected chi connectivity index (χ3v) is 6.11. The molecule has 3 aromatic rings. The predicted octanol–water partition coefficient (Wildman–Crippen LogP) is 2.99. The van der Waals surface area contributed by atoms with Crippen LogP contribution >= 0.6 is 0 Å². The molecule has 1 saturated heterocycles. The van der Waals surface area contributed by atoms with E-state index >= 15 is 0 Å². The van der Waals surface area contributed by atoms with Gasteiger partial charge in [0.25, 0.3) is 0 Å². The Morgan fingerprint density at radius 1 is 1.17 bits per heavy atom. The van der Waals surface area contributed by atoms with Crippen molar-refractivity contribution in [3.8, 4) is 0 Å². The first-order valence-corrected chi connectivity index (χ1v) is 10.4. The Labute approximate surface area is 176 Å². The molecule has 7 nitrogen and oxygen atoms in total. The second kappa shape index (κ2) is 8.85. The van der Waals surface area contributed by atoms with E-state index in [0.29, 0.717) is 19.0 Å². The minimum absolute atomic E-state index is 0.0266. The molecule has 1 fully saturated rings. The predicted molar refractivity (Wildman–Crippen MR) is 117 cm³/mol. The van der Waals surface area contributed by atoms with Gasteiger partial charge in [0.1, 0.15) is 5.82 Å². The third-order valence-electron chi connectivity index (χ3n) is 6.11. The number of hydrogen-bond donors (Lipinski definition) is 3. The Hall–Kier alpha value is -2.90. The first-order chi connectivity index (χ1) is 14.5. The molecule has 1 atom stereocenters.